The van der Waals surface area contributed by atoms with Gasteiger partial charge in [0.15, 0.2) is 0 Å². The zero-order valence-electron chi connectivity index (χ0n) is 5.87. The van der Waals surface area contributed by atoms with Crippen LogP contribution in [-0.2, 0) is 0 Å². The minimum Gasteiger partial charge on any atom is -0.170 e. The molecule has 0 bridgehead atoms. The largest absolute Gasteiger partial charge is 0.401 e. The van der Waals surface area contributed by atoms with Crippen LogP contribution in [0.3, 0.4) is 0 Å². The highest BCUT2D eigenvalue weighted by Gasteiger charge is 2.37. The lowest BCUT2D eigenvalue weighted by Crippen LogP contribution is -2.24. The van der Waals surface area contributed by atoms with Crippen molar-refractivity contribution < 1.29 is 13.2 Å². The number of alkyl halides is 4. The summed E-state index contributed by atoms with van der Waals surface area (Å²) in [4.78, 5) is -1.35. The molecule has 0 aromatic carbocycles. The maximum atomic E-state index is 11.8. The summed E-state index contributed by atoms with van der Waals surface area (Å²) in [5, 5.41) is 0. The molecule has 0 N–H and O–H groups in total. The third-order valence-corrected chi connectivity index (χ3v) is 1.93. The fourth-order valence-corrected chi connectivity index (χ4v) is 1.30. The maximum absolute atomic E-state index is 11.8. The molecule has 0 nitrogen and oxygen atoms in total. The summed E-state index contributed by atoms with van der Waals surface area (Å²) in [5.74, 6) is 0.0750. The first-order valence-electron chi connectivity index (χ1n) is 3.05. The second-order valence-electron chi connectivity index (χ2n) is 2.64. The monoisotopic (exact) mass is 218 g/mol. The summed E-state index contributed by atoms with van der Waals surface area (Å²) in [6.07, 6.45) is -3.95. The molecule has 0 radical (unpaired) electrons. The highest BCUT2D eigenvalue weighted by Crippen LogP contribution is 2.30. The molecule has 0 rings (SSSR count). The topological polar surface area (TPSA) is 0 Å². The lowest BCUT2D eigenvalue weighted by atomic mass is 10.1. The quantitative estimate of drug-likeness (QED) is 0.624. The van der Waals surface area contributed by atoms with E-state index in [2.05, 4.69) is 15.9 Å². The fraction of sp³-hybridized carbons (Fsp3) is 1.00. The molecule has 0 heterocycles. The predicted molar refractivity (Wildman–Crippen MR) is 38.2 cm³/mol. The summed E-state index contributed by atoms with van der Waals surface area (Å²) in [6.45, 7) is 3.53. The summed E-state index contributed by atoms with van der Waals surface area (Å²) in [7, 11) is 0. The van der Waals surface area contributed by atoms with E-state index in [1.165, 1.54) is 0 Å². The van der Waals surface area contributed by atoms with Gasteiger partial charge in [0.05, 0.1) is 0 Å². The van der Waals surface area contributed by atoms with Gasteiger partial charge in [0.25, 0.3) is 0 Å². The van der Waals surface area contributed by atoms with Gasteiger partial charge in [-0.15, -0.1) is 0 Å². The van der Waals surface area contributed by atoms with Crippen LogP contribution in [0.1, 0.15) is 20.3 Å². The Morgan fingerprint density at radius 1 is 1.30 bits per heavy atom. The molecule has 0 aliphatic carbocycles. The Labute approximate surface area is 66.9 Å². The minimum atomic E-state index is -4.09. The number of halogens is 4. The first-order valence-corrected chi connectivity index (χ1v) is 3.96. The van der Waals surface area contributed by atoms with Gasteiger partial charge in [0.2, 0.25) is 0 Å². The number of hydrogen-bond acceptors (Lipinski definition) is 0. The lowest BCUT2D eigenvalue weighted by molar-refractivity contribution is -0.129. The predicted octanol–water partition coefficient (Wildman–Crippen LogP) is 3.36. The SMILES string of the molecule is CC(C)CC(Br)C(F)(F)F. The van der Waals surface area contributed by atoms with E-state index in [1.54, 1.807) is 13.8 Å². The van der Waals surface area contributed by atoms with Crippen LogP contribution in [0.2, 0.25) is 0 Å². The molecule has 0 saturated carbocycles. The highest BCUT2D eigenvalue weighted by atomic mass is 79.9. The second-order valence-corrected chi connectivity index (χ2v) is 3.74. The van der Waals surface area contributed by atoms with E-state index in [0.717, 1.165) is 0 Å². The van der Waals surface area contributed by atoms with Crippen molar-refractivity contribution in [2.75, 3.05) is 0 Å². The first kappa shape index (κ1) is 10.3. The van der Waals surface area contributed by atoms with E-state index < -0.39 is 11.0 Å². The first-order chi connectivity index (χ1) is 4.34. The van der Waals surface area contributed by atoms with Gasteiger partial charge in [0.1, 0.15) is 4.83 Å². The molecular formula is C6H10BrF3. The van der Waals surface area contributed by atoms with Crippen molar-refractivity contribution in [1.29, 1.82) is 0 Å². The zero-order chi connectivity index (χ0) is 8.36. The van der Waals surface area contributed by atoms with Crippen LogP contribution in [0.5, 0.6) is 0 Å². The molecule has 1 unspecified atom stereocenters. The van der Waals surface area contributed by atoms with Crippen LogP contribution in [0, 0.1) is 5.92 Å². The van der Waals surface area contributed by atoms with E-state index in [-0.39, 0.29) is 12.3 Å². The van der Waals surface area contributed by atoms with Crippen LogP contribution in [0.15, 0.2) is 0 Å². The number of rotatable bonds is 2. The molecule has 0 aliphatic rings. The normalized spacial score (nSPS) is 15.9. The van der Waals surface area contributed by atoms with Crippen LogP contribution in [0.4, 0.5) is 13.2 Å². The molecular weight excluding hydrogens is 209 g/mol. The van der Waals surface area contributed by atoms with Crippen molar-refractivity contribution in [2.45, 2.75) is 31.3 Å². The van der Waals surface area contributed by atoms with Gasteiger partial charge in [-0.25, -0.2) is 0 Å². The van der Waals surface area contributed by atoms with Crippen molar-refractivity contribution in [3.05, 3.63) is 0 Å². The minimum absolute atomic E-state index is 0.0750. The standard InChI is InChI=1S/C6H10BrF3/c1-4(2)3-5(7)6(8,9)10/h4-5H,3H2,1-2H3. The van der Waals surface area contributed by atoms with Crippen LogP contribution >= 0.6 is 15.9 Å². The average Bonchev–Trinajstić information content (AvgIpc) is 1.60. The fourth-order valence-electron chi connectivity index (χ4n) is 0.548. The van der Waals surface area contributed by atoms with Gasteiger partial charge >= 0.3 is 6.18 Å². The Balaban J connectivity index is 3.73. The third kappa shape index (κ3) is 4.14. The molecule has 0 saturated heterocycles. The lowest BCUT2D eigenvalue weighted by Gasteiger charge is -2.15. The Morgan fingerprint density at radius 2 is 1.70 bits per heavy atom. The molecule has 4 heteroatoms. The molecule has 10 heavy (non-hydrogen) atoms. The Morgan fingerprint density at radius 3 is 1.80 bits per heavy atom. The summed E-state index contributed by atoms with van der Waals surface area (Å²) >= 11 is 2.57. The summed E-state index contributed by atoms with van der Waals surface area (Å²) < 4.78 is 35.3. The van der Waals surface area contributed by atoms with Crippen molar-refractivity contribution in [1.82, 2.24) is 0 Å². The van der Waals surface area contributed by atoms with Crippen LogP contribution in [0.25, 0.3) is 0 Å². The highest BCUT2D eigenvalue weighted by molar-refractivity contribution is 9.09. The van der Waals surface area contributed by atoms with Crippen molar-refractivity contribution in [3.63, 3.8) is 0 Å². The second kappa shape index (κ2) is 3.60. The van der Waals surface area contributed by atoms with Gasteiger partial charge < -0.3 is 0 Å². The van der Waals surface area contributed by atoms with Crippen molar-refractivity contribution in [2.24, 2.45) is 5.92 Å². The van der Waals surface area contributed by atoms with Crippen LogP contribution in [-0.4, -0.2) is 11.0 Å². The Kier molecular flexibility index (Phi) is 3.70. The van der Waals surface area contributed by atoms with Gasteiger partial charge in [-0.3, -0.25) is 0 Å². The molecule has 0 aliphatic heterocycles. The van der Waals surface area contributed by atoms with Gasteiger partial charge in [-0.05, 0) is 12.3 Å². The molecule has 0 amide bonds. The van der Waals surface area contributed by atoms with Gasteiger partial charge in [-0.2, -0.15) is 13.2 Å². The van der Waals surface area contributed by atoms with E-state index in [9.17, 15) is 13.2 Å². The summed E-state index contributed by atoms with van der Waals surface area (Å²) in [5.41, 5.74) is 0. The maximum Gasteiger partial charge on any atom is 0.401 e. The Bertz CT molecular complexity index is 97.7. The van der Waals surface area contributed by atoms with E-state index in [4.69, 9.17) is 0 Å². The molecule has 0 aromatic rings. The molecule has 0 spiro atoms. The average molecular weight is 219 g/mol. The van der Waals surface area contributed by atoms with Crippen molar-refractivity contribution in [3.8, 4) is 0 Å². The molecule has 0 aromatic heterocycles. The van der Waals surface area contributed by atoms with Gasteiger partial charge in [-0.1, -0.05) is 29.8 Å². The van der Waals surface area contributed by atoms with E-state index >= 15 is 0 Å². The van der Waals surface area contributed by atoms with E-state index in [1.807, 2.05) is 0 Å². The zero-order valence-corrected chi connectivity index (χ0v) is 7.46. The molecule has 62 valence electrons. The third-order valence-electron chi connectivity index (χ3n) is 1.03. The van der Waals surface area contributed by atoms with Crippen LogP contribution < -0.4 is 0 Å². The van der Waals surface area contributed by atoms with E-state index in [0.29, 0.717) is 0 Å². The van der Waals surface area contributed by atoms with Gasteiger partial charge in [0, 0.05) is 0 Å². The Hall–Kier alpha value is 0.270. The molecule has 0 fully saturated rings. The summed E-state index contributed by atoms with van der Waals surface area (Å²) in [6, 6.07) is 0. The number of hydrogen-bond donors (Lipinski definition) is 0. The smallest absolute Gasteiger partial charge is 0.170 e. The van der Waals surface area contributed by atoms with Crippen molar-refractivity contribution >= 4 is 15.9 Å². The molecule has 1 atom stereocenters.